The molecule has 4 rings (SSSR count). The van der Waals surface area contributed by atoms with E-state index in [4.69, 9.17) is 9.57 Å². The van der Waals surface area contributed by atoms with Crippen LogP contribution in [0.3, 0.4) is 0 Å². The molecule has 2 aliphatic heterocycles. The van der Waals surface area contributed by atoms with Crippen LogP contribution in [-0.2, 0) is 16.1 Å². The summed E-state index contributed by atoms with van der Waals surface area (Å²) in [5.41, 5.74) is -1.85. The number of hydrogen-bond acceptors (Lipinski definition) is 7. The van der Waals surface area contributed by atoms with Gasteiger partial charge in [-0.1, -0.05) is 18.1 Å². The van der Waals surface area contributed by atoms with E-state index >= 15 is 0 Å². The number of carbonyl (C=O) groups is 2. The maximum Gasteiger partial charge on any atom is 0.275 e. The van der Waals surface area contributed by atoms with Gasteiger partial charge in [-0.2, -0.15) is 0 Å². The first kappa shape index (κ1) is 24.2. The van der Waals surface area contributed by atoms with E-state index in [2.05, 4.69) is 10.5 Å². The number of benzene rings is 1. The molecule has 1 aromatic carbocycles. The van der Waals surface area contributed by atoms with Gasteiger partial charge in [-0.3, -0.25) is 14.4 Å². The molecule has 186 valence electrons. The quantitative estimate of drug-likeness (QED) is 0.678. The second kappa shape index (κ2) is 9.72. The number of fused-ring (bicyclic) bond motifs is 4. The molecular weight excluding hydrogens is 466 g/mol. The summed E-state index contributed by atoms with van der Waals surface area (Å²) in [6.07, 6.45) is 1.05. The molecule has 0 aliphatic carbocycles. The summed E-state index contributed by atoms with van der Waals surface area (Å²) in [5.74, 6) is -3.80. The molecule has 0 spiro atoms. The summed E-state index contributed by atoms with van der Waals surface area (Å²) >= 11 is 0. The van der Waals surface area contributed by atoms with E-state index in [0.29, 0.717) is 18.9 Å². The molecule has 3 heterocycles. The van der Waals surface area contributed by atoms with Gasteiger partial charge in [-0.15, -0.1) is 0 Å². The number of halogens is 2. The smallest absolute Gasteiger partial charge is 0.275 e. The minimum Gasteiger partial charge on any atom is -0.503 e. The van der Waals surface area contributed by atoms with Crippen molar-refractivity contribution in [2.45, 2.75) is 45.5 Å². The summed E-state index contributed by atoms with van der Waals surface area (Å²) < 4.78 is 34.2. The molecule has 0 saturated heterocycles. The Kier molecular flexibility index (Phi) is 6.72. The average molecular weight is 490 g/mol. The molecular formula is C23H24F2N4O6. The topological polar surface area (TPSA) is 122 Å². The summed E-state index contributed by atoms with van der Waals surface area (Å²) in [5, 5.41) is 17.0. The fourth-order valence-electron chi connectivity index (χ4n) is 3.93. The highest BCUT2D eigenvalue weighted by Gasteiger charge is 2.39. The van der Waals surface area contributed by atoms with Gasteiger partial charge >= 0.3 is 0 Å². The van der Waals surface area contributed by atoms with Crippen LogP contribution in [0.5, 0.6) is 5.75 Å². The van der Waals surface area contributed by atoms with Crippen LogP contribution in [0.25, 0.3) is 0 Å². The number of ether oxygens (including phenoxy) is 1. The second-order valence-corrected chi connectivity index (χ2v) is 8.23. The third kappa shape index (κ3) is 4.68. The van der Waals surface area contributed by atoms with E-state index in [1.165, 1.54) is 9.47 Å². The molecule has 2 N–H and O–H groups in total. The number of nitrogens with zero attached hydrogens (tertiary/aromatic N) is 3. The van der Waals surface area contributed by atoms with E-state index in [-0.39, 0.29) is 42.9 Å². The van der Waals surface area contributed by atoms with Gasteiger partial charge in [0.25, 0.3) is 11.8 Å². The molecule has 0 fully saturated rings. The molecule has 35 heavy (non-hydrogen) atoms. The Balaban J connectivity index is 1.71. The lowest BCUT2D eigenvalue weighted by Crippen LogP contribution is -2.50. The standard InChI is InChI=1S/C23H24F2N4O6/c1-3-17-27-34-7-6-12(2)28-11-18(35-17)29-10-15(20(30)21(31)19(29)23(28)33)22(32)26-9-13-4-5-14(24)8-16(13)25/h4-5,8,10,12,18,31H,3,6-7,9,11H2,1-2H3,(H,26,32)/b27-17-/t12-,18-/m0/s1. The number of carbonyl (C=O) groups excluding carboxylic acids is 2. The Morgan fingerprint density at radius 2 is 2.09 bits per heavy atom. The molecule has 0 radical (unpaired) electrons. The molecule has 1 aromatic heterocycles. The molecule has 0 saturated carbocycles. The van der Waals surface area contributed by atoms with Crippen molar-refractivity contribution in [2.75, 3.05) is 13.2 Å². The number of pyridine rings is 1. The monoisotopic (exact) mass is 490 g/mol. The number of aromatic nitrogens is 1. The first-order valence-corrected chi connectivity index (χ1v) is 11.1. The van der Waals surface area contributed by atoms with E-state index in [1.54, 1.807) is 13.8 Å². The third-order valence-electron chi connectivity index (χ3n) is 5.94. The van der Waals surface area contributed by atoms with Crippen molar-refractivity contribution in [3.63, 3.8) is 0 Å². The SMILES string of the molecule is CC/C1=N/OCC[C@H](C)N2C[C@H](O1)n1cc(C(=O)NCc3ccc(F)cc3F)c(=O)c(O)c1C2=O. The van der Waals surface area contributed by atoms with Crippen LogP contribution in [0.15, 0.2) is 34.3 Å². The number of oxime groups is 1. The first-order chi connectivity index (χ1) is 16.7. The van der Waals surface area contributed by atoms with Gasteiger partial charge in [0, 0.05) is 43.3 Å². The zero-order valence-electron chi connectivity index (χ0n) is 19.1. The summed E-state index contributed by atoms with van der Waals surface area (Å²) in [6.45, 7) is 3.58. The van der Waals surface area contributed by atoms with Gasteiger partial charge in [-0.05, 0) is 13.0 Å². The van der Waals surface area contributed by atoms with Crippen molar-refractivity contribution in [3.05, 3.63) is 63.1 Å². The Hall–Kier alpha value is -3.96. The highest BCUT2D eigenvalue weighted by Crippen LogP contribution is 2.30. The summed E-state index contributed by atoms with van der Waals surface area (Å²) in [7, 11) is 0. The number of rotatable bonds is 4. The molecule has 2 amide bonds. The highest BCUT2D eigenvalue weighted by molar-refractivity contribution is 5.99. The van der Waals surface area contributed by atoms with Crippen LogP contribution in [0.4, 0.5) is 8.78 Å². The van der Waals surface area contributed by atoms with Crippen LogP contribution in [0.2, 0.25) is 0 Å². The molecule has 2 aromatic rings. The zero-order chi connectivity index (χ0) is 25.3. The molecule has 0 unspecified atom stereocenters. The Morgan fingerprint density at radius 1 is 1.31 bits per heavy atom. The number of aromatic hydroxyl groups is 1. The average Bonchev–Trinajstić information content (AvgIpc) is 2.83. The Morgan fingerprint density at radius 3 is 2.80 bits per heavy atom. The molecule has 2 atom stereocenters. The maximum absolute atomic E-state index is 13.9. The largest absolute Gasteiger partial charge is 0.503 e. The number of amides is 2. The number of hydrogen-bond donors (Lipinski definition) is 2. The van der Waals surface area contributed by atoms with Crippen molar-refractivity contribution in [1.82, 2.24) is 14.8 Å². The van der Waals surface area contributed by atoms with Crippen LogP contribution in [0, 0.1) is 11.6 Å². The predicted molar refractivity (Wildman–Crippen MR) is 119 cm³/mol. The van der Waals surface area contributed by atoms with Crippen molar-refractivity contribution >= 4 is 17.7 Å². The van der Waals surface area contributed by atoms with E-state index in [9.17, 15) is 28.3 Å². The van der Waals surface area contributed by atoms with Gasteiger partial charge in [-0.25, -0.2) is 8.78 Å². The van der Waals surface area contributed by atoms with Crippen molar-refractivity contribution in [1.29, 1.82) is 0 Å². The van der Waals surface area contributed by atoms with Crippen LogP contribution < -0.4 is 10.7 Å². The Labute approximate surface area is 198 Å². The number of nitrogens with one attached hydrogen (secondary N) is 1. The lowest BCUT2D eigenvalue weighted by atomic mass is 10.1. The predicted octanol–water partition coefficient (Wildman–Crippen LogP) is 2.27. The van der Waals surface area contributed by atoms with Crippen molar-refractivity contribution in [2.24, 2.45) is 5.16 Å². The van der Waals surface area contributed by atoms with Crippen LogP contribution >= 0.6 is 0 Å². The molecule has 2 aliphatic rings. The van der Waals surface area contributed by atoms with Crippen molar-refractivity contribution in [3.8, 4) is 5.75 Å². The summed E-state index contributed by atoms with van der Waals surface area (Å²) in [6, 6.07) is 2.57. The van der Waals surface area contributed by atoms with Gasteiger partial charge in [0.05, 0.1) is 6.54 Å². The third-order valence-corrected chi connectivity index (χ3v) is 5.94. The van der Waals surface area contributed by atoms with Gasteiger partial charge < -0.3 is 29.5 Å². The fraction of sp³-hybridized carbons (Fsp3) is 0.391. The Bertz CT molecular complexity index is 1260. The zero-order valence-corrected chi connectivity index (χ0v) is 19.1. The van der Waals surface area contributed by atoms with Gasteiger partial charge in [0.2, 0.25) is 11.3 Å². The van der Waals surface area contributed by atoms with Gasteiger partial charge in [0.15, 0.2) is 17.7 Å². The maximum atomic E-state index is 13.9. The van der Waals surface area contributed by atoms with E-state index in [1.807, 2.05) is 0 Å². The second-order valence-electron chi connectivity index (χ2n) is 8.23. The van der Waals surface area contributed by atoms with E-state index < -0.39 is 46.4 Å². The minimum atomic E-state index is -1.06. The highest BCUT2D eigenvalue weighted by atomic mass is 19.1. The first-order valence-electron chi connectivity index (χ1n) is 11.1. The van der Waals surface area contributed by atoms with E-state index in [0.717, 1.165) is 18.3 Å². The molecule has 12 heteroatoms. The lowest BCUT2D eigenvalue weighted by molar-refractivity contribution is 0.00247. The van der Waals surface area contributed by atoms with Crippen LogP contribution in [-0.4, -0.2) is 51.5 Å². The van der Waals surface area contributed by atoms with Crippen molar-refractivity contribution < 1.29 is 33.1 Å². The molecule has 10 nitrogen and oxygen atoms in total. The summed E-state index contributed by atoms with van der Waals surface area (Å²) in [4.78, 5) is 45.6. The van der Waals surface area contributed by atoms with Crippen LogP contribution in [0.1, 0.15) is 59.3 Å². The van der Waals surface area contributed by atoms with Gasteiger partial charge in [0.1, 0.15) is 23.8 Å². The molecule has 2 bridgehead atoms. The lowest BCUT2D eigenvalue weighted by Gasteiger charge is -2.39. The normalized spacial score (nSPS) is 21.2. The minimum absolute atomic E-state index is 0.00121. The fourth-order valence-corrected chi connectivity index (χ4v) is 3.93.